The number of benzene rings is 1. The number of rotatable bonds is 6. The first kappa shape index (κ1) is 12.0. The fraction of sp³-hybridized carbons (Fsp3) is 0.455. The summed E-state index contributed by atoms with van der Waals surface area (Å²) in [5.41, 5.74) is 0.949. The molecule has 0 aromatic heterocycles. The van der Waals surface area contributed by atoms with Crippen LogP contribution in [-0.2, 0) is 14.2 Å². The summed E-state index contributed by atoms with van der Waals surface area (Å²) in [6, 6.07) is 7.48. The number of ether oxygens (including phenoxy) is 4. The van der Waals surface area contributed by atoms with Crippen molar-refractivity contribution in [3.05, 3.63) is 29.8 Å². The second-order valence-electron chi connectivity index (χ2n) is 2.92. The quantitative estimate of drug-likeness (QED) is 0.675. The van der Waals surface area contributed by atoms with Crippen molar-refractivity contribution in [2.45, 2.75) is 6.29 Å². The predicted molar refractivity (Wildman–Crippen MR) is 55.7 cm³/mol. The van der Waals surface area contributed by atoms with Crippen LogP contribution in [-0.4, -0.2) is 28.1 Å². The minimum Gasteiger partial charge on any atom is -0.468 e. The molecular weight excluding hydrogens is 196 g/mol. The molecule has 0 aliphatic carbocycles. The van der Waals surface area contributed by atoms with Gasteiger partial charge in [0.25, 0.3) is 0 Å². The zero-order valence-corrected chi connectivity index (χ0v) is 9.23. The van der Waals surface area contributed by atoms with Crippen molar-refractivity contribution in [2.75, 3.05) is 28.1 Å². The highest BCUT2D eigenvalue weighted by Crippen LogP contribution is 2.20. The SMILES string of the molecule is COCOc1ccc(C(OC)OC)cc1. The predicted octanol–water partition coefficient (Wildman–Crippen LogP) is 1.96. The lowest BCUT2D eigenvalue weighted by molar-refractivity contribution is -0.106. The molecule has 0 saturated carbocycles. The smallest absolute Gasteiger partial charge is 0.188 e. The topological polar surface area (TPSA) is 36.9 Å². The molecule has 4 nitrogen and oxygen atoms in total. The Labute approximate surface area is 89.7 Å². The minimum atomic E-state index is -0.332. The Kier molecular flexibility index (Phi) is 5.10. The van der Waals surface area contributed by atoms with Gasteiger partial charge in [0.2, 0.25) is 0 Å². The van der Waals surface area contributed by atoms with E-state index in [2.05, 4.69) is 0 Å². The highest BCUT2D eigenvalue weighted by atomic mass is 16.7. The van der Waals surface area contributed by atoms with Gasteiger partial charge in [0.1, 0.15) is 5.75 Å². The van der Waals surface area contributed by atoms with Crippen molar-refractivity contribution in [1.82, 2.24) is 0 Å². The van der Waals surface area contributed by atoms with Gasteiger partial charge in [-0.3, -0.25) is 0 Å². The molecule has 0 atom stereocenters. The molecule has 0 unspecified atom stereocenters. The number of hydrogen-bond acceptors (Lipinski definition) is 4. The van der Waals surface area contributed by atoms with E-state index < -0.39 is 0 Å². The van der Waals surface area contributed by atoms with Crippen LogP contribution in [0, 0.1) is 0 Å². The molecule has 0 fully saturated rings. The lowest BCUT2D eigenvalue weighted by Crippen LogP contribution is -2.04. The van der Waals surface area contributed by atoms with E-state index in [9.17, 15) is 0 Å². The van der Waals surface area contributed by atoms with Gasteiger partial charge in [0.05, 0.1) is 0 Å². The summed E-state index contributed by atoms with van der Waals surface area (Å²) in [6.07, 6.45) is -0.332. The summed E-state index contributed by atoms with van der Waals surface area (Å²) in [7, 11) is 4.78. The van der Waals surface area contributed by atoms with Crippen LogP contribution < -0.4 is 4.74 Å². The molecule has 1 aromatic carbocycles. The molecule has 0 saturated heterocycles. The van der Waals surface area contributed by atoms with Gasteiger partial charge in [-0.05, 0) is 12.1 Å². The molecule has 1 aromatic rings. The maximum absolute atomic E-state index is 5.25. The third-order valence-electron chi connectivity index (χ3n) is 1.92. The number of methoxy groups -OCH3 is 3. The fourth-order valence-corrected chi connectivity index (χ4v) is 1.22. The Balaban J connectivity index is 2.62. The molecule has 0 bridgehead atoms. The average Bonchev–Trinajstić information content (AvgIpc) is 2.29. The van der Waals surface area contributed by atoms with E-state index in [1.54, 1.807) is 21.3 Å². The molecule has 0 heterocycles. The van der Waals surface area contributed by atoms with Crippen LogP contribution in [0.5, 0.6) is 5.75 Å². The summed E-state index contributed by atoms with van der Waals surface area (Å²) in [6.45, 7) is 0.247. The summed E-state index contributed by atoms with van der Waals surface area (Å²) in [5.74, 6) is 0.756. The Morgan fingerprint density at radius 1 is 1.00 bits per heavy atom. The standard InChI is InChI=1S/C11H16O4/c1-12-8-15-10-6-4-9(5-7-10)11(13-2)14-3/h4-7,11H,8H2,1-3H3. The monoisotopic (exact) mass is 212 g/mol. The molecule has 15 heavy (non-hydrogen) atoms. The zero-order chi connectivity index (χ0) is 11.1. The molecule has 0 N–H and O–H groups in total. The minimum absolute atomic E-state index is 0.247. The zero-order valence-electron chi connectivity index (χ0n) is 9.23. The van der Waals surface area contributed by atoms with Gasteiger partial charge in [0, 0.05) is 26.9 Å². The first-order valence-corrected chi connectivity index (χ1v) is 4.59. The van der Waals surface area contributed by atoms with Crippen molar-refractivity contribution in [3.8, 4) is 5.75 Å². The fourth-order valence-electron chi connectivity index (χ4n) is 1.22. The molecule has 0 radical (unpaired) electrons. The first-order chi connectivity index (χ1) is 7.31. The van der Waals surface area contributed by atoms with Crippen LogP contribution in [0.1, 0.15) is 11.9 Å². The highest BCUT2D eigenvalue weighted by molar-refractivity contribution is 5.27. The Morgan fingerprint density at radius 3 is 2.07 bits per heavy atom. The van der Waals surface area contributed by atoms with Crippen molar-refractivity contribution < 1.29 is 18.9 Å². The van der Waals surface area contributed by atoms with E-state index in [-0.39, 0.29) is 13.1 Å². The Bertz CT molecular complexity index is 266. The molecule has 1 rings (SSSR count). The van der Waals surface area contributed by atoms with Crippen LogP contribution in [0.4, 0.5) is 0 Å². The van der Waals surface area contributed by atoms with Gasteiger partial charge in [-0.2, -0.15) is 0 Å². The third-order valence-corrected chi connectivity index (χ3v) is 1.92. The first-order valence-electron chi connectivity index (χ1n) is 4.59. The van der Waals surface area contributed by atoms with Crippen LogP contribution >= 0.6 is 0 Å². The third kappa shape index (κ3) is 3.51. The van der Waals surface area contributed by atoms with E-state index in [0.717, 1.165) is 11.3 Å². The van der Waals surface area contributed by atoms with Crippen LogP contribution in [0.15, 0.2) is 24.3 Å². The molecule has 84 valence electrons. The number of hydrogen-bond donors (Lipinski definition) is 0. The summed E-state index contributed by atoms with van der Waals surface area (Å²) >= 11 is 0. The van der Waals surface area contributed by atoms with E-state index in [1.807, 2.05) is 24.3 Å². The maximum Gasteiger partial charge on any atom is 0.188 e. The highest BCUT2D eigenvalue weighted by Gasteiger charge is 2.07. The molecule has 0 amide bonds. The van der Waals surface area contributed by atoms with Gasteiger partial charge < -0.3 is 18.9 Å². The van der Waals surface area contributed by atoms with E-state index in [0.29, 0.717) is 0 Å². The van der Waals surface area contributed by atoms with Crippen molar-refractivity contribution in [2.24, 2.45) is 0 Å². The Morgan fingerprint density at radius 2 is 1.60 bits per heavy atom. The van der Waals surface area contributed by atoms with E-state index >= 15 is 0 Å². The molecule has 0 spiro atoms. The van der Waals surface area contributed by atoms with Crippen molar-refractivity contribution in [1.29, 1.82) is 0 Å². The largest absolute Gasteiger partial charge is 0.468 e. The normalized spacial score (nSPS) is 10.7. The van der Waals surface area contributed by atoms with Gasteiger partial charge in [0.15, 0.2) is 13.1 Å². The van der Waals surface area contributed by atoms with Gasteiger partial charge >= 0.3 is 0 Å². The summed E-state index contributed by atoms with van der Waals surface area (Å²) in [5, 5.41) is 0. The van der Waals surface area contributed by atoms with Gasteiger partial charge in [-0.15, -0.1) is 0 Å². The van der Waals surface area contributed by atoms with E-state index in [4.69, 9.17) is 18.9 Å². The molecular formula is C11H16O4. The van der Waals surface area contributed by atoms with Crippen LogP contribution in [0.25, 0.3) is 0 Å². The Hall–Kier alpha value is -1.10. The average molecular weight is 212 g/mol. The lowest BCUT2D eigenvalue weighted by atomic mass is 10.2. The second kappa shape index (κ2) is 6.40. The van der Waals surface area contributed by atoms with Gasteiger partial charge in [-0.25, -0.2) is 0 Å². The van der Waals surface area contributed by atoms with Crippen LogP contribution in [0.3, 0.4) is 0 Å². The van der Waals surface area contributed by atoms with E-state index in [1.165, 1.54) is 0 Å². The molecule has 4 heteroatoms. The lowest BCUT2D eigenvalue weighted by Gasteiger charge is -2.13. The summed E-state index contributed by atoms with van der Waals surface area (Å²) < 4.78 is 20.3. The van der Waals surface area contributed by atoms with Crippen LogP contribution in [0.2, 0.25) is 0 Å². The molecule has 0 aliphatic rings. The summed E-state index contributed by atoms with van der Waals surface area (Å²) in [4.78, 5) is 0. The molecule has 0 aliphatic heterocycles. The van der Waals surface area contributed by atoms with Gasteiger partial charge in [-0.1, -0.05) is 12.1 Å². The maximum atomic E-state index is 5.25. The van der Waals surface area contributed by atoms with Crippen molar-refractivity contribution in [3.63, 3.8) is 0 Å². The van der Waals surface area contributed by atoms with Crippen molar-refractivity contribution >= 4 is 0 Å². The second-order valence-corrected chi connectivity index (χ2v) is 2.92.